The van der Waals surface area contributed by atoms with Crippen molar-refractivity contribution in [2.75, 3.05) is 5.32 Å². The number of benzene rings is 2. The number of carbonyl (C=O) groups excluding carboxylic acids is 2. The van der Waals surface area contributed by atoms with Crippen molar-refractivity contribution in [2.45, 2.75) is 0 Å². The predicted molar refractivity (Wildman–Crippen MR) is 87.3 cm³/mol. The number of halogens is 4. The Morgan fingerprint density at radius 1 is 1.00 bits per heavy atom. The molecule has 5 nitrogen and oxygen atoms in total. The number of imidazole rings is 1. The summed E-state index contributed by atoms with van der Waals surface area (Å²) in [5, 5.41) is 2.22. The normalized spacial score (nSPS) is 10.7. The molecule has 0 aliphatic heterocycles. The fourth-order valence-electron chi connectivity index (χ4n) is 2.35. The molecular formula is C18H11F4N3O2. The number of amides is 1. The average Bonchev–Trinajstić information content (AvgIpc) is 3.08. The summed E-state index contributed by atoms with van der Waals surface area (Å²) in [4.78, 5) is 28.2. The third kappa shape index (κ3) is 3.43. The van der Waals surface area contributed by atoms with Gasteiger partial charge in [-0.05, 0) is 30.3 Å². The molecule has 0 saturated heterocycles. The van der Waals surface area contributed by atoms with Crippen LogP contribution in [0.15, 0.2) is 42.7 Å². The van der Waals surface area contributed by atoms with Crippen molar-refractivity contribution in [2.24, 2.45) is 7.05 Å². The Balaban J connectivity index is 1.80. The van der Waals surface area contributed by atoms with E-state index >= 15 is 0 Å². The van der Waals surface area contributed by atoms with Crippen molar-refractivity contribution in [1.29, 1.82) is 0 Å². The summed E-state index contributed by atoms with van der Waals surface area (Å²) >= 11 is 0. The minimum Gasteiger partial charge on any atom is -0.331 e. The molecule has 0 spiro atoms. The van der Waals surface area contributed by atoms with Crippen molar-refractivity contribution >= 4 is 17.4 Å². The van der Waals surface area contributed by atoms with Crippen LogP contribution in [0.1, 0.15) is 26.5 Å². The van der Waals surface area contributed by atoms with Gasteiger partial charge in [-0.25, -0.2) is 22.5 Å². The Morgan fingerprint density at radius 3 is 2.26 bits per heavy atom. The van der Waals surface area contributed by atoms with Gasteiger partial charge in [-0.3, -0.25) is 9.59 Å². The van der Waals surface area contributed by atoms with Gasteiger partial charge in [0.15, 0.2) is 29.1 Å². The first kappa shape index (κ1) is 18.3. The van der Waals surface area contributed by atoms with Crippen molar-refractivity contribution < 1.29 is 27.2 Å². The van der Waals surface area contributed by atoms with Gasteiger partial charge in [-0.2, -0.15) is 0 Å². The molecule has 1 heterocycles. The largest absolute Gasteiger partial charge is 0.331 e. The molecule has 138 valence electrons. The molecule has 0 unspecified atom stereocenters. The molecule has 0 atom stereocenters. The highest BCUT2D eigenvalue weighted by Gasteiger charge is 2.23. The number of ketones is 1. The fraction of sp³-hybridized carbons (Fsp3) is 0.0556. The number of carbonyl (C=O) groups is 2. The van der Waals surface area contributed by atoms with Gasteiger partial charge in [0.05, 0.1) is 5.56 Å². The van der Waals surface area contributed by atoms with E-state index in [0.29, 0.717) is 0 Å². The molecule has 3 rings (SSSR count). The lowest BCUT2D eigenvalue weighted by molar-refractivity contribution is 0.101. The van der Waals surface area contributed by atoms with Crippen LogP contribution >= 0.6 is 0 Å². The molecular weight excluding hydrogens is 366 g/mol. The maximum absolute atomic E-state index is 13.7. The van der Waals surface area contributed by atoms with E-state index < -0.39 is 34.7 Å². The highest BCUT2D eigenvalue weighted by Crippen LogP contribution is 2.20. The maximum Gasteiger partial charge on any atom is 0.258 e. The third-order valence-electron chi connectivity index (χ3n) is 3.78. The lowest BCUT2D eigenvalue weighted by atomic mass is 10.1. The van der Waals surface area contributed by atoms with Gasteiger partial charge in [-0.15, -0.1) is 0 Å². The van der Waals surface area contributed by atoms with Crippen LogP contribution in [0.3, 0.4) is 0 Å². The van der Waals surface area contributed by atoms with E-state index in [2.05, 4.69) is 10.3 Å². The molecule has 0 aliphatic rings. The first-order valence-corrected chi connectivity index (χ1v) is 7.56. The summed E-state index contributed by atoms with van der Waals surface area (Å²) in [6.45, 7) is 0. The Bertz CT molecular complexity index is 1050. The number of anilines is 1. The highest BCUT2D eigenvalue weighted by molar-refractivity contribution is 6.07. The van der Waals surface area contributed by atoms with Crippen LogP contribution in [0.2, 0.25) is 0 Å². The van der Waals surface area contributed by atoms with E-state index in [4.69, 9.17) is 0 Å². The van der Waals surface area contributed by atoms with Gasteiger partial charge in [0.25, 0.3) is 5.91 Å². The van der Waals surface area contributed by atoms with Crippen LogP contribution in [0.4, 0.5) is 23.2 Å². The molecule has 0 aliphatic carbocycles. The number of rotatable bonds is 4. The second-order valence-corrected chi connectivity index (χ2v) is 5.57. The Kier molecular flexibility index (Phi) is 4.76. The van der Waals surface area contributed by atoms with Gasteiger partial charge in [-0.1, -0.05) is 0 Å². The summed E-state index contributed by atoms with van der Waals surface area (Å²) in [5.41, 5.74) is -0.562. The summed E-state index contributed by atoms with van der Waals surface area (Å²) in [6.07, 6.45) is 3.08. The summed E-state index contributed by atoms with van der Waals surface area (Å²) in [6, 6.07) is 5.76. The molecule has 2 aromatic carbocycles. The van der Waals surface area contributed by atoms with Crippen LogP contribution in [-0.2, 0) is 7.05 Å². The fourth-order valence-corrected chi connectivity index (χ4v) is 2.35. The van der Waals surface area contributed by atoms with E-state index in [1.165, 1.54) is 30.5 Å². The van der Waals surface area contributed by atoms with Gasteiger partial charge < -0.3 is 9.88 Å². The molecule has 0 bridgehead atoms. The van der Waals surface area contributed by atoms with E-state index in [1.807, 2.05) is 0 Å². The molecule has 1 N–H and O–H groups in total. The van der Waals surface area contributed by atoms with E-state index in [1.54, 1.807) is 17.8 Å². The number of nitrogens with one attached hydrogen (secondary N) is 1. The molecule has 1 aromatic heterocycles. The van der Waals surface area contributed by atoms with Crippen molar-refractivity contribution in [3.8, 4) is 0 Å². The van der Waals surface area contributed by atoms with E-state index in [-0.39, 0.29) is 28.9 Å². The standard InChI is InChI=1S/C18H11F4N3O2/c1-25-7-6-23-17(25)16(26)9-2-4-10(5-3-9)24-18(27)11-8-12(19)14(21)15(22)13(11)20/h2-8H,1H3,(H,24,27). The van der Waals surface area contributed by atoms with E-state index in [0.717, 1.165) is 0 Å². The Morgan fingerprint density at radius 2 is 1.67 bits per heavy atom. The Labute approximate surface area is 150 Å². The van der Waals surface area contributed by atoms with Crippen LogP contribution in [0.5, 0.6) is 0 Å². The minimum absolute atomic E-state index is 0.140. The molecule has 27 heavy (non-hydrogen) atoms. The van der Waals surface area contributed by atoms with Crippen molar-refractivity contribution in [1.82, 2.24) is 9.55 Å². The first-order chi connectivity index (χ1) is 12.8. The lowest BCUT2D eigenvalue weighted by Gasteiger charge is -2.08. The number of hydrogen-bond acceptors (Lipinski definition) is 3. The zero-order valence-electron chi connectivity index (χ0n) is 13.8. The second kappa shape index (κ2) is 7.02. The summed E-state index contributed by atoms with van der Waals surface area (Å²) in [7, 11) is 1.66. The minimum atomic E-state index is -2.07. The van der Waals surface area contributed by atoms with Crippen LogP contribution in [0.25, 0.3) is 0 Å². The smallest absolute Gasteiger partial charge is 0.258 e. The molecule has 0 saturated carbocycles. The zero-order valence-corrected chi connectivity index (χ0v) is 13.8. The lowest BCUT2D eigenvalue weighted by Crippen LogP contribution is -2.16. The van der Waals surface area contributed by atoms with Crippen molar-refractivity contribution in [3.63, 3.8) is 0 Å². The number of hydrogen-bond donors (Lipinski definition) is 1. The number of nitrogens with zero attached hydrogens (tertiary/aromatic N) is 2. The third-order valence-corrected chi connectivity index (χ3v) is 3.78. The Hall–Kier alpha value is -3.49. The maximum atomic E-state index is 13.7. The number of aryl methyl sites for hydroxylation is 1. The predicted octanol–water partition coefficient (Wildman–Crippen LogP) is 3.46. The summed E-state index contributed by atoms with van der Waals surface area (Å²) in [5.74, 6) is -8.87. The summed E-state index contributed by atoms with van der Waals surface area (Å²) < 4.78 is 54.6. The quantitative estimate of drug-likeness (QED) is 0.328. The van der Waals surface area contributed by atoms with Crippen LogP contribution in [-0.4, -0.2) is 21.2 Å². The monoisotopic (exact) mass is 377 g/mol. The second-order valence-electron chi connectivity index (χ2n) is 5.57. The van der Waals surface area contributed by atoms with Crippen LogP contribution < -0.4 is 5.32 Å². The highest BCUT2D eigenvalue weighted by atomic mass is 19.2. The van der Waals surface area contributed by atoms with E-state index in [9.17, 15) is 27.2 Å². The molecule has 0 fully saturated rings. The zero-order chi connectivity index (χ0) is 19.7. The van der Waals surface area contributed by atoms with Gasteiger partial charge >= 0.3 is 0 Å². The average molecular weight is 377 g/mol. The SMILES string of the molecule is Cn1ccnc1C(=O)c1ccc(NC(=O)c2cc(F)c(F)c(F)c2F)cc1. The topological polar surface area (TPSA) is 64.0 Å². The van der Waals surface area contributed by atoms with Crippen molar-refractivity contribution in [3.05, 3.63) is 82.9 Å². The van der Waals surface area contributed by atoms with Gasteiger partial charge in [0, 0.05) is 30.7 Å². The number of aromatic nitrogens is 2. The van der Waals surface area contributed by atoms with Gasteiger partial charge in [0.1, 0.15) is 0 Å². The van der Waals surface area contributed by atoms with Crippen LogP contribution in [0, 0.1) is 23.3 Å². The molecule has 3 aromatic rings. The van der Waals surface area contributed by atoms with Gasteiger partial charge in [0.2, 0.25) is 5.78 Å². The first-order valence-electron chi connectivity index (χ1n) is 7.56. The molecule has 0 radical (unpaired) electrons. The molecule has 9 heteroatoms. The molecule has 1 amide bonds.